The van der Waals surface area contributed by atoms with Crippen molar-refractivity contribution < 1.29 is 14.3 Å². The van der Waals surface area contributed by atoms with Crippen molar-refractivity contribution in [3.8, 4) is 11.1 Å². The Bertz CT molecular complexity index is 1780. The van der Waals surface area contributed by atoms with Gasteiger partial charge in [0.05, 0.1) is 17.6 Å². The number of benzene rings is 3. The molecule has 2 aliphatic rings. The standard InChI is InChI=1S/C38H47N7O3/c1-25-21-31(15-16-33(25)43-19-17-42(7)18-20-43)40-36-39-22-30-9-8-10-32(34(30)41-36)28-11-13-29(14-12-28)35(46)44-23-26(2)45(27(3)24-44)37(47)48-38(4,5)6/h8-16,21-22,26-27H,17-20,23-24H2,1-7H3,(H,39,40,41)/t26-,27+. The Kier molecular flexibility index (Phi) is 9.29. The number of ether oxygens (including phenoxy) is 1. The fourth-order valence-electron chi connectivity index (χ4n) is 6.75. The highest BCUT2D eigenvalue weighted by molar-refractivity contribution is 5.97. The maximum atomic E-state index is 13.6. The van der Waals surface area contributed by atoms with E-state index in [2.05, 4.69) is 52.3 Å². The topological polar surface area (TPSA) is 94.1 Å². The minimum atomic E-state index is -0.574. The van der Waals surface area contributed by atoms with Gasteiger partial charge in [0.2, 0.25) is 5.95 Å². The molecule has 0 bridgehead atoms. The second-order valence-corrected chi connectivity index (χ2v) is 14.2. The minimum absolute atomic E-state index is 0.0512. The summed E-state index contributed by atoms with van der Waals surface area (Å²) in [6.45, 7) is 16.7. The summed E-state index contributed by atoms with van der Waals surface area (Å²) in [6.07, 6.45) is 1.50. The first-order valence-corrected chi connectivity index (χ1v) is 16.8. The summed E-state index contributed by atoms with van der Waals surface area (Å²) < 4.78 is 5.62. The van der Waals surface area contributed by atoms with Crippen LogP contribution in [0.15, 0.2) is 66.9 Å². The second-order valence-electron chi connectivity index (χ2n) is 14.2. The number of aromatic nitrogens is 2. The number of hydrogen-bond donors (Lipinski definition) is 1. The molecule has 4 aromatic rings. The fraction of sp³-hybridized carbons (Fsp3) is 0.421. The molecule has 2 aliphatic heterocycles. The Balaban J connectivity index is 1.16. The Hall–Kier alpha value is -4.70. The Morgan fingerprint density at radius 3 is 2.25 bits per heavy atom. The quantitative estimate of drug-likeness (QED) is 0.260. The number of nitrogens with zero attached hydrogens (tertiary/aromatic N) is 6. The highest BCUT2D eigenvalue weighted by Crippen LogP contribution is 2.30. The minimum Gasteiger partial charge on any atom is -0.444 e. The molecule has 0 aliphatic carbocycles. The molecule has 3 aromatic carbocycles. The zero-order valence-electron chi connectivity index (χ0n) is 29.2. The molecule has 0 radical (unpaired) electrons. The Morgan fingerprint density at radius 1 is 0.917 bits per heavy atom. The van der Waals surface area contributed by atoms with E-state index in [1.54, 1.807) is 4.90 Å². The number of hydrogen-bond acceptors (Lipinski definition) is 8. The van der Waals surface area contributed by atoms with E-state index >= 15 is 0 Å². The van der Waals surface area contributed by atoms with Crippen molar-refractivity contribution in [1.82, 2.24) is 24.7 Å². The van der Waals surface area contributed by atoms with Crippen molar-refractivity contribution in [3.05, 3.63) is 78.0 Å². The average molecular weight is 650 g/mol. The van der Waals surface area contributed by atoms with Crippen LogP contribution in [0.3, 0.4) is 0 Å². The zero-order valence-corrected chi connectivity index (χ0v) is 29.2. The number of anilines is 3. The number of amides is 2. The third-order valence-corrected chi connectivity index (χ3v) is 9.16. The summed E-state index contributed by atoms with van der Waals surface area (Å²) in [6, 6.07) is 19.8. The molecule has 1 aromatic heterocycles. The number of carbonyl (C=O) groups is 2. The number of rotatable bonds is 5. The number of carbonyl (C=O) groups excluding carboxylic acids is 2. The van der Waals surface area contributed by atoms with Gasteiger partial charge in [-0.3, -0.25) is 9.69 Å². The van der Waals surface area contributed by atoms with Crippen molar-refractivity contribution in [2.75, 3.05) is 56.5 Å². The van der Waals surface area contributed by atoms with Gasteiger partial charge in [-0.25, -0.2) is 14.8 Å². The molecule has 2 atom stereocenters. The zero-order chi connectivity index (χ0) is 34.2. The van der Waals surface area contributed by atoms with Crippen LogP contribution in [0, 0.1) is 6.92 Å². The largest absolute Gasteiger partial charge is 0.444 e. The van der Waals surface area contributed by atoms with Gasteiger partial charge in [0.25, 0.3) is 5.91 Å². The van der Waals surface area contributed by atoms with E-state index in [1.807, 2.05) is 88.2 Å². The summed E-state index contributed by atoms with van der Waals surface area (Å²) >= 11 is 0. The van der Waals surface area contributed by atoms with E-state index < -0.39 is 5.60 Å². The average Bonchev–Trinajstić information content (AvgIpc) is 3.04. The van der Waals surface area contributed by atoms with Crippen molar-refractivity contribution in [2.45, 2.75) is 59.2 Å². The number of nitrogens with one attached hydrogen (secondary N) is 1. The lowest BCUT2D eigenvalue weighted by Crippen LogP contribution is -2.60. The first-order valence-electron chi connectivity index (χ1n) is 16.8. The smallest absolute Gasteiger partial charge is 0.410 e. The molecule has 2 saturated heterocycles. The number of para-hydroxylation sites is 1. The van der Waals surface area contributed by atoms with Crippen LogP contribution in [0.1, 0.15) is 50.5 Å². The predicted molar refractivity (Wildman–Crippen MR) is 192 cm³/mol. The van der Waals surface area contributed by atoms with Gasteiger partial charge in [-0.2, -0.15) is 0 Å². The number of fused-ring (bicyclic) bond motifs is 1. The third-order valence-electron chi connectivity index (χ3n) is 9.16. The molecule has 1 N–H and O–H groups in total. The number of aryl methyl sites for hydroxylation is 1. The highest BCUT2D eigenvalue weighted by atomic mass is 16.6. The molecule has 2 amide bonds. The van der Waals surface area contributed by atoms with E-state index in [4.69, 9.17) is 9.72 Å². The summed E-state index contributed by atoms with van der Waals surface area (Å²) in [4.78, 5) is 44.3. The maximum Gasteiger partial charge on any atom is 0.410 e. The molecule has 3 heterocycles. The predicted octanol–water partition coefficient (Wildman–Crippen LogP) is 6.57. The van der Waals surface area contributed by atoms with Gasteiger partial charge in [-0.05, 0) is 90.0 Å². The summed E-state index contributed by atoms with van der Waals surface area (Å²) in [5.74, 6) is 0.479. The van der Waals surface area contributed by atoms with Crippen molar-refractivity contribution in [2.24, 2.45) is 0 Å². The Morgan fingerprint density at radius 2 is 1.60 bits per heavy atom. The first kappa shape index (κ1) is 33.2. The fourth-order valence-corrected chi connectivity index (χ4v) is 6.75. The lowest BCUT2D eigenvalue weighted by Gasteiger charge is -2.44. The first-order chi connectivity index (χ1) is 22.9. The van der Waals surface area contributed by atoms with Crippen molar-refractivity contribution in [3.63, 3.8) is 0 Å². The normalized spacial score (nSPS) is 19.0. The lowest BCUT2D eigenvalue weighted by molar-refractivity contribution is -0.0129. The van der Waals surface area contributed by atoms with E-state index in [0.29, 0.717) is 24.6 Å². The van der Waals surface area contributed by atoms with Gasteiger partial charge < -0.3 is 24.8 Å². The highest BCUT2D eigenvalue weighted by Gasteiger charge is 2.37. The number of likely N-dealkylation sites (N-methyl/N-ethyl adjacent to an activating group) is 1. The van der Waals surface area contributed by atoms with Crippen LogP contribution < -0.4 is 10.2 Å². The summed E-state index contributed by atoms with van der Waals surface area (Å²) in [5, 5.41) is 4.35. The van der Waals surface area contributed by atoms with Gasteiger partial charge >= 0.3 is 6.09 Å². The van der Waals surface area contributed by atoms with Crippen LogP contribution in [0.25, 0.3) is 22.0 Å². The van der Waals surface area contributed by atoms with Crippen LogP contribution in [-0.2, 0) is 4.74 Å². The van der Waals surface area contributed by atoms with Gasteiger partial charge in [-0.15, -0.1) is 0 Å². The molecule has 10 nitrogen and oxygen atoms in total. The molecule has 6 rings (SSSR count). The molecular formula is C38H47N7O3. The van der Waals surface area contributed by atoms with E-state index in [1.165, 1.54) is 11.3 Å². The van der Waals surface area contributed by atoms with Crippen LogP contribution in [0.4, 0.5) is 22.1 Å². The second kappa shape index (κ2) is 13.4. The monoisotopic (exact) mass is 649 g/mol. The van der Waals surface area contributed by atoms with Gasteiger partial charge in [0.1, 0.15) is 5.60 Å². The van der Waals surface area contributed by atoms with Crippen LogP contribution in [0.2, 0.25) is 0 Å². The van der Waals surface area contributed by atoms with E-state index in [9.17, 15) is 9.59 Å². The maximum absolute atomic E-state index is 13.6. The molecule has 252 valence electrons. The molecule has 10 heteroatoms. The van der Waals surface area contributed by atoms with Crippen LogP contribution >= 0.6 is 0 Å². The van der Waals surface area contributed by atoms with Crippen molar-refractivity contribution >= 4 is 40.2 Å². The summed E-state index contributed by atoms with van der Waals surface area (Å²) in [5.41, 5.74) is 6.23. The SMILES string of the molecule is Cc1cc(Nc2ncc3cccc(-c4ccc(C(=O)N5C[C@@H](C)N(C(=O)OC(C)(C)C)[C@@H](C)C5)cc4)c3n2)ccc1N1CCN(C)CC1. The van der Waals surface area contributed by atoms with E-state index in [-0.39, 0.29) is 24.1 Å². The molecule has 0 spiro atoms. The molecule has 0 unspecified atom stereocenters. The number of piperazine rings is 2. The molecule has 48 heavy (non-hydrogen) atoms. The van der Waals surface area contributed by atoms with Crippen molar-refractivity contribution in [1.29, 1.82) is 0 Å². The van der Waals surface area contributed by atoms with Crippen LogP contribution in [-0.4, -0.2) is 101 Å². The van der Waals surface area contributed by atoms with Gasteiger partial charge in [0.15, 0.2) is 0 Å². The lowest BCUT2D eigenvalue weighted by atomic mass is 10.0. The van der Waals surface area contributed by atoms with Gasteiger partial charge in [-0.1, -0.05) is 30.3 Å². The Labute approximate surface area is 283 Å². The molecular weight excluding hydrogens is 602 g/mol. The van der Waals surface area contributed by atoms with Crippen LogP contribution in [0.5, 0.6) is 0 Å². The third kappa shape index (κ3) is 7.23. The van der Waals surface area contributed by atoms with Gasteiger partial charge in [0, 0.05) is 73.4 Å². The molecule has 2 fully saturated rings. The molecule has 0 saturated carbocycles. The summed E-state index contributed by atoms with van der Waals surface area (Å²) in [7, 11) is 2.17. The van der Waals surface area contributed by atoms with E-state index in [0.717, 1.165) is 53.9 Å².